The Morgan fingerprint density at radius 2 is 2.44 bits per heavy atom. The maximum atomic E-state index is 13.7. The van der Waals surface area contributed by atoms with Gasteiger partial charge in [-0.3, -0.25) is 0 Å². The number of rotatable bonds is 4. The van der Waals surface area contributed by atoms with Gasteiger partial charge in [-0.15, -0.1) is 0 Å². The van der Waals surface area contributed by atoms with Crippen LogP contribution in [0.4, 0.5) is 10.2 Å². The molecule has 1 aliphatic heterocycles. The topological polar surface area (TPSA) is 47.0 Å². The minimum atomic E-state index is -0.344. The number of hydrogen-bond donors (Lipinski definition) is 1. The Labute approximate surface area is 94.2 Å². The summed E-state index contributed by atoms with van der Waals surface area (Å²) in [6, 6.07) is 0. The number of nitrogens with one attached hydrogen (secondary N) is 1. The van der Waals surface area contributed by atoms with Crippen LogP contribution in [0.1, 0.15) is 25.5 Å². The molecule has 1 aromatic rings. The van der Waals surface area contributed by atoms with E-state index in [9.17, 15) is 4.39 Å². The first-order chi connectivity index (χ1) is 7.81. The maximum Gasteiger partial charge on any atom is 0.186 e. The Morgan fingerprint density at radius 1 is 1.56 bits per heavy atom. The maximum absolute atomic E-state index is 13.7. The van der Waals surface area contributed by atoms with Crippen molar-refractivity contribution < 1.29 is 9.13 Å². The molecule has 0 aliphatic carbocycles. The summed E-state index contributed by atoms with van der Waals surface area (Å²) in [4.78, 5) is 7.77. The molecule has 5 heteroatoms. The van der Waals surface area contributed by atoms with Gasteiger partial charge in [0.15, 0.2) is 11.6 Å². The van der Waals surface area contributed by atoms with Gasteiger partial charge in [0.05, 0.1) is 11.8 Å². The number of nitrogens with zero attached hydrogens (tertiary/aromatic N) is 2. The second kappa shape index (κ2) is 5.21. The van der Waals surface area contributed by atoms with Crippen molar-refractivity contribution in [3.8, 4) is 0 Å². The van der Waals surface area contributed by atoms with Crippen molar-refractivity contribution in [3.05, 3.63) is 17.8 Å². The van der Waals surface area contributed by atoms with Crippen LogP contribution in [0.15, 0.2) is 6.33 Å². The molecular weight excluding hydrogens is 209 g/mol. The second-order valence-corrected chi connectivity index (χ2v) is 3.85. The fourth-order valence-corrected chi connectivity index (χ4v) is 1.79. The zero-order chi connectivity index (χ0) is 11.4. The van der Waals surface area contributed by atoms with Crippen molar-refractivity contribution >= 4 is 5.82 Å². The van der Waals surface area contributed by atoms with Crippen LogP contribution >= 0.6 is 0 Å². The average molecular weight is 225 g/mol. The van der Waals surface area contributed by atoms with E-state index in [2.05, 4.69) is 15.3 Å². The first-order valence-corrected chi connectivity index (χ1v) is 5.66. The summed E-state index contributed by atoms with van der Waals surface area (Å²) in [5, 5.41) is 2.98. The molecule has 1 saturated heterocycles. The second-order valence-electron chi connectivity index (χ2n) is 3.85. The van der Waals surface area contributed by atoms with E-state index in [-0.39, 0.29) is 17.7 Å². The van der Waals surface area contributed by atoms with E-state index in [1.54, 1.807) is 0 Å². The molecule has 2 rings (SSSR count). The van der Waals surface area contributed by atoms with Crippen LogP contribution in [0.3, 0.4) is 0 Å². The zero-order valence-electron chi connectivity index (χ0n) is 9.37. The fourth-order valence-electron chi connectivity index (χ4n) is 1.79. The molecule has 4 nitrogen and oxygen atoms in total. The van der Waals surface area contributed by atoms with Crippen LogP contribution in [-0.4, -0.2) is 29.2 Å². The molecular formula is C11H16FN3O. The highest BCUT2D eigenvalue weighted by Gasteiger charge is 2.16. The molecule has 0 saturated carbocycles. The molecule has 1 N–H and O–H groups in total. The van der Waals surface area contributed by atoms with Crippen LogP contribution in [0, 0.1) is 5.82 Å². The van der Waals surface area contributed by atoms with Crippen molar-refractivity contribution in [1.29, 1.82) is 0 Å². The van der Waals surface area contributed by atoms with Crippen molar-refractivity contribution in [2.24, 2.45) is 0 Å². The third-order valence-corrected chi connectivity index (χ3v) is 2.72. The van der Waals surface area contributed by atoms with Gasteiger partial charge in [0.1, 0.15) is 6.33 Å². The highest BCUT2D eigenvalue weighted by molar-refractivity contribution is 5.37. The highest BCUT2D eigenvalue weighted by Crippen LogP contribution is 2.16. The average Bonchev–Trinajstić information content (AvgIpc) is 2.81. The molecule has 2 heterocycles. The summed E-state index contributed by atoms with van der Waals surface area (Å²) in [7, 11) is 0. The van der Waals surface area contributed by atoms with Crippen LogP contribution in [-0.2, 0) is 11.2 Å². The van der Waals surface area contributed by atoms with Crippen molar-refractivity contribution in [3.63, 3.8) is 0 Å². The Bertz CT molecular complexity index is 353. The van der Waals surface area contributed by atoms with Gasteiger partial charge in [0, 0.05) is 13.2 Å². The molecule has 88 valence electrons. The quantitative estimate of drug-likeness (QED) is 0.848. The van der Waals surface area contributed by atoms with Crippen molar-refractivity contribution in [1.82, 2.24) is 9.97 Å². The predicted molar refractivity (Wildman–Crippen MR) is 58.8 cm³/mol. The van der Waals surface area contributed by atoms with E-state index in [1.165, 1.54) is 6.33 Å². The van der Waals surface area contributed by atoms with E-state index in [1.807, 2.05) is 6.92 Å². The van der Waals surface area contributed by atoms with Gasteiger partial charge < -0.3 is 10.1 Å². The van der Waals surface area contributed by atoms with Gasteiger partial charge in [0.2, 0.25) is 0 Å². The summed E-state index contributed by atoms with van der Waals surface area (Å²) in [6.07, 6.45) is 4.25. The van der Waals surface area contributed by atoms with E-state index in [0.717, 1.165) is 19.4 Å². The number of anilines is 1. The van der Waals surface area contributed by atoms with Gasteiger partial charge in [-0.2, -0.15) is 0 Å². The van der Waals surface area contributed by atoms with Gasteiger partial charge in [-0.25, -0.2) is 14.4 Å². The Morgan fingerprint density at radius 3 is 3.12 bits per heavy atom. The first kappa shape index (κ1) is 11.3. The number of aromatic nitrogens is 2. The Balaban J connectivity index is 1.97. The highest BCUT2D eigenvalue weighted by atomic mass is 19.1. The Kier molecular flexibility index (Phi) is 3.66. The monoisotopic (exact) mass is 225 g/mol. The minimum absolute atomic E-state index is 0.180. The summed E-state index contributed by atoms with van der Waals surface area (Å²) in [5.74, 6) is -0.0645. The van der Waals surface area contributed by atoms with Gasteiger partial charge in [-0.1, -0.05) is 6.92 Å². The molecule has 1 atom stereocenters. The van der Waals surface area contributed by atoms with Crippen molar-refractivity contribution in [2.75, 3.05) is 18.5 Å². The van der Waals surface area contributed by atoms with E-state index >= 15 is 0 Å². The molecule has 16 heavy (non-hydrogen) atoms. The summed E-state index contributed by atoms with van der Waals surface area (Å²) < 4.78 is 19.2. The van der Waals surface area contributed by atoms with E-state index < -0.39 is 0 Å². The Hall–Kier alpha value is -1.23. The predicted octanol–water partition coefficient (Wildman–Crippen LogP) is 1.77. The SMILES string of the molecule is CCc1ncnc(NCC2CCCO2)c1F. The van der Waals surface area contributed by atoms with Gasteiger partial charge >= 0.3 is 0 Å². The summed E-state index contributed by atoms with van der Waals surface area (Å²) in [5.41, 5.74) is 0.449. The van der Waals surface area contributed by atoms with E-state index in [4.69, 9.17) is 4.74 Å². The number of hydrogen-bond acceptors (Lipinski definition) is 4. The number of halogens is 1. The van der Waals surface area contributed by atoms with Gasteiger partial charge in [-0.05, 0) is 19.3 Å². The molecule has 1 aromatic heterocycles. The lowest BCUT2D eigenvalue weighted by Gasteiger charge is -2.12. The third kappa shape index (κ3) is 2.47. The minimum Gasteiger partial charge on any atom is -0.376 e. The van der Waals surface area contributed by atoms with Crippen LogP contribution in [0.25, 0.3) is 0 Å². The van der Waals surface area contributed by atoms with E-state index in [0.29, 0.717) is 18.7 Å². The lowest BCUT2D eigenvalue weighted by molar-refractivity contribution is 0.120. The molecule has 0 aromatic carbocycles. The lowest BCUT2D eigenvalue weighted by Crippen LogP contribution is -2.20. The summed E-state index contributed by atoms with van der Waals surface area (Å²) in [6.45, 7) is 3.28. The zero-order valence-corrected chi connectivity index (χ0v) is 9.37. The molecule has 1 unspecified atom stereocenters. The van der Waals surface area contributed by atoms with Crippen molar-refractivity contribution in [2.45, 2.75) is 32.3 Å². The number of aryl methyl sites for hydroxylation is 1. The molecule has 1 fully saturated rings. The third-order valence-electron chi connectivity index (χ3n) is 2.72. The van der Waals surface area contributed by atoms with Gasteiger partial charge in [0.25, 0.3) is 0 Å². The molecule has 0 amide bonds. The summed E-state index contributed by atoms with van der Waals surface area (Å²) >= 11 is 0. The molecule has 0 bridgehead atoms. The number of ether oxygens (including phenoxy) is 1. The fraction of sp³-hybridized carbons (Fsp3) is 0.636. The molecule has 0 spiro atoms. The van der Waals surface area contributed by atoms with Crippen LogP contribution in [0.2, 0.25) is 0 Å². The van der Waals surface area contributed by atoms with Crippen LogP contribution < -0.4 is 5.32 Å². The standard InChI is InChI=1S/C11H16FN3O/c1-2-9-10(12)11(15-7-14-9)13-6-8-4-3-5-16-8/h7-8H,2-6H2,1H3,(H,13,14,15). The largest absolute Gasteiger partial charge is 0.376 e. The lowest BCUT2D eigenvalue weighted by atomic mass is 10.2. The smallest absolute Gasteiger partial charge is 0.186 e. The first-order valence-electron chi connectivity index (χ1n) is 5.66. The van der Waals surface area contributed by atoms with Crippen LogP contribution in [0.5, 0.6) is 0 Å². The molecule has 1 aliphatic rings. The molecule has 0 radical (unpaired) electrons. The normalized spacial score (nSPS) is 20.0.